The number of amides is 1. The molecule has 2 heterocycles. The summed E-state index contributed by atoms with van der Waals surface area (Å²) in [5.74, 6) is 0.428. The van der Waals surface area contributed by atoms with Gasteiger partial charge in [-0.15, -0.1) is 10.2 Å². The molecule has 0 radical (unpaired) electrons. The van der Waals surface area contributed by atoms with Gasteiger partial charge in [0.2, 0.25) is 5.91 Å². The summed E-state index contributed by atoms with van der Waals surface area (Å²) in [6.07, 6.45) is 4.99. The standard InChI is InChI=1S/C23H22N4O2S/c1-14(21(28)25-20-12-6-8-15-7-2-3-9-16(15)20)30-23-27-26-22(29-23)18-13-24-19-11-5-4-10-17(18)19/h2-5,7,9-11,13-14,20,24H,6,8,12H2,1H3,(H,25,28)/t14-,20-/m1/s1. The first kappa shape index (κ1) is 18.9. The fraction of sp³-hybridized carbons (Fsp3) is 0.261. The van der Waals surface area contributed by atoms with E-state index in [-0.39, 0.29) is 17.2 Å². The number of rotatable bonds is 5. The van der Waals surface area contributed by atoms with Crippen molar-refractivity contribution in [1.82, 2.24) is 20.5 Å². The van der Waals surface area contributed by atoms with Gasteiger partial charge in [-0.3, -0.25) is 4.79 Å². The lowest BCUT2D eigenvalue weighted by Crippen LogP contribution is -2.35. The Morgan fingerprint density at radius 3 is 2.97 bits per heavy atom. The van der Waals surface area contributed by atoms with E-state index in [1.54, 1.807) is 0 Å². The number of thioether (sulfide) groups is 1. The molecule has 1 amide bonds. The molecule has 0 spiro atoms. The van der Waals surface area contributed by atoms with Crippen molar-refractivity contribution in [3.05, 3.63) is 65.9 Å². The van der Waals surface area contributed by atoms with Gasteiger partial charge < -0.3 is 14.7 Å². The van der Waals surface area contributed by atoms with Crippen molar-refractivity contribution >= 4 is 28.6 Å². The summed E-state index contributed by atoms with van der Waals surface area (Å²) >= 11 is 1.28. The van der Waals surface area contributed by atoms with E-state index in [0.29, 0.717) is 11.1 Å². The van der Waals surface area contributed by atoms with Crippen LogP contribution in [0.5, 0.6) is 0 Å². The van der Waals surface area contributed by atoms with E-state index in [4.69, 9.17) is 4.42 Å². The van der Waals surface area contributed by atoms with Crippen molar-refractivity contribution in [2.75, 3.05) is 0 Å². The Kier molecular flexibility index (Phi) is 5.04. The highest BCUT2D eigenvalue weighted by Crippen LogP contribution is 2.32. The van der Waals surface area contributed by atoms with Crippen LogP contribution in [0.15, 0.2) is 64.4 Å². The van der Waals surface area contributed by atoms with Crippen LogP contribution in [0, 0.1) is 0 Å². The summed E-state index contributed by atoms with van der Waals surface area (Å²) in [7, 11) is 0. The summed E-state index contributed by atoms with van der Waals surface area (Å²) in [5.41, 5.74) is 4.43. The van der Waals surface area contributed by atoms with Crippen molar-refractivity contribution in [2.24, 2.45) is 0 Å². The molecule has 5 rings (SSSR count). The lowest BCUT2D eigenvalue weighted by atomic mass is 9.88. The molecule has 30 heavy (non-hydrogen) atoms. The second kappa shape index (κ2) is 7.99. The largest absolute Gasteiger partial charge is 0.411 e. The van der Waals surface area contributed by atoms with Crippen LogP contribution < -0.4 is 5.32 Å². The zero-order valence-electron chi connectivity index (χ0n) is 16.6. The van der Waals surface area contributed by atoms with Crippen molar-refractivity contribution < 1.29 is 9.21 Å². The molecule has 7 heteroatoms. The Morgan fingerprint density at radius 2 is 2.03 bits per heavy atom. The maximum Gasteiger partial charge on any atom is 0.277 e. The topological polar surface area (TPSA) is 83.8 Å². The number of nitrogens with one attached hydrogen (secondary N) is 2. The van der Waals surface area contributed by atoms with E-state index in [1.165, 1.54) is 22.9 Å². The SMILES string of the molecule is C[C@@H](Sc1nnc(-c2c[nH]c3ccccc23)o1)C(=O)N[C@@H]1CCCc2ccccc21. The van der Waals surface area contributed by atoms with Gasteiger partial charge in [0.15, 0.2) is 0 Å². The fourth-order valence-corrected chi connectivity index (χ4v) is 4.70. The van der Waals surface area contributed by atoms with Gasteiger partial charge in [0.05, 0.1) is 16.9 Å². The van der Waals surface area contributed by atoms with E-state index < -0.39 is 0 Å². The van der Waals surface area contributed by atoms with E-state index in [0.717, 1.165) is 35.7 Å². The van der Waals surface area contributed by atoms with Crippen molar-refractivity contribution in [2.45, 2.75) is 42.7 Å². The molecule has 0 aliphatic heterocycles. The van der Waals surface area contributed by atoms with Crippen LogP contribution >= 0.6 is 11.8 Å². The predicted octanol–water partition coefficient (Wildman–Crippen LogP) is 4.89. The Bertz CT molecular complexity index is 1200. The molecule has 0 saturated carbocycles. The van der Waals surface area contributed by atoms with Gasteiger partial charge in [-0.05, 0) is 43.4 Å². The van der Waals surface area contributed by atoms with E-state index in [2.05, 4.69) is 38.7 Å². The average molecular weight is 419 g/mol. The highest BCUT2D eigenvalue weighted by molar-refractivity contribution is 8.00. The van der Waals surface area contributed by atoms with Crippen LogP contribution in [0.25, 0.3) is 22.4 Å². The first-order valence-electron chi connectivity index (χ1n) is 10.1. The van der Waals surface area contributed by atoms with Crippen LogP contribution in [-0.4, -0.2) is 26.3 Å². The number of nitrogens with zero attached hydrogens (tertiary/aromatic N) is 2. The predicted molar refractivity (Wildman–Crippen MR) is 117 cm³/mol. The van der Waals surface area contributed by atoms with Crippen molar-refractivity contribution in [1.29, 1.82) is 0 Å². The van der Waals surface area contributed by atoms with Gasteiger partial charge in [-0.25, -0.2) is 0 Å². The molecule has 152 valence electrons. The molecule has 0 fully saturated rings. The van der Waals surface area contributed by atoms with Crippen LogP contribution in [0.2, 0.25) is 0 Å². The van der Waals surface area contributed by atoms with Crippen molar-refractivity contribution in [3.8, 4) is 11.5 Å². The molecule has 0 unspecified atom stereocenters. The quantitative estimate of drug-likeness (QED) is 0.451. The number of aromatic amines is 1. The highest BCUT2D eigenvalue weighted by Gasteiger charge is 2.25. The minimum Gasteiger partial charge on any atom is -0.411 e. The van der Waals surface area contributed by atoms with Crippen LogP contribution in [0.1, 0.15) is 36.9 Å². The molecule has 1 aliphatic rings. The number of hydrogen-bond acceptors (Lipinski definition) is 5. The lowest BCUT2D eigenvalue weighted by Gasteiger charge is -2.27. The Morgan fingerprint density at radius 1 is 1.20 bits per heavy atom. The number of aryl methyl sites for hydroxylation is 1. The van der Waals surface area contributed by atoms with Gasteiger partial charge in [0.1, 0.15) is 0 Å². The third kappa shape index (κ3) is 3.61. The van der Waals surface area contributed by atoms with Gasteiger partial charge in [0.25, 0.3) is 11.1 Å². The summed E-state index contributed by atoms with van der Waals surface area (Å²) in [6.45, 7) is 1.87. The normalized spacial score (nSPS) is 16.9. The minimum atomic E-state index is -0.338. The summed E-state index contributed by atoms with van der Waals surface area (Å²) in [5, 5.41) is 12.6. The van der Waals surface area contributed by atoms with Crippen LogP contribution in [-0.2, 0) is 11.2 Å². The molecule has 4 aromatic rings. The zero-order chi connectivity index (χ0) is 20.5. The molecule has 2 N–H and O–H groups in total. The maximum atomic E-state index is 12.8. The smallest absolute Gasteiger partial charge is 0.277 e. The zero-order valence-corrected chi connectivity index (χ0v) is 17.4. The molecule has 2 aromatic carbocycles. The maximum absolute atomic E-state index is 12.8. The molecule has 0 saturated heterocycles. The number of carbonyl (C=O) groups excluding carboxylic acids is 1. The molecule has 1 aliphatic carbocycles. The number of para-hydroxylation sites is 1. The number of aromatic nitrogens is 3. The Balaban J connectivity index is 1.27. The van der Waals surface area contributed by atoms with Gasteiger partial charge in [-0.2, -0.15) is 0 Å². The molecule has 0 bridgehead atoms. The van der Waals surface area contributed by atoms with Gasteiger partial charge in [0, 0.05) is 17.1 Å². The number of benzene rings is 2. The molecule has 2 atom stereocenters. The van der Waals surface area contributed by atoms with Crippen LogP contribution in [0.4, 0.5) is 0 Å². The second-order valence-electron chi connectivity index (χ2n) is 7.53. The highest BCUT2D eigenvalue weighted by atomic mass is 32.2. The van der Waals surface area contributed by atoms with Gasteiger partial charge in [-0.1, -0.05) is 54.2 Å². The summed E-state index contributed by atoms with van der Waals surface area (Å²) in [6, 6.07) is 16.4. The minimum absolute atomic E-state index is 0.0199. The molecule has 2 aromatic heterocycles. The summed E-state index contributed by atoms with van der Waals surface area (Å²) < 4.78 is 5.84. The van der Waals surface area contributed by atoms with E-state index in [9.17, 15) is 4.79 Å². The van der Waals surface area contributed by atoms with E-state index in [1.807, 2.05) is 43.5 Å². The lowest BCUT2D eigenvalue weighted by molar-refractivity contribution is -0.121. The average Bonchev–Trinajstić information content (AvgIpc) is 3.40. The molecule has 6 nitrogen and oxygen atoms in total. The number of carbonyl (C=O) groups is 1. The van der Waals surface area contributed by atoms with E-state index >= 15 is 0 Å². The Hall–Kier alpha value is -3.06. The first-order chi connectivity index (χ1) is 14.7. The number of H-pyrrole nitrogens is 1. The summed E-state index contributed by atoms with van der Waals surface area (Å²) in [4.78, 5) is 16.0. The van der Waals surface area contributed by atoms with Gasteiger partial charge >= 0.3 is 0 Å². The monoisotopic (exact) mass is 418 g/mol. The Labute approximate surface area is 178 Å². The number of fused-ring (bicyclic) bond motifs is 2. The van der Waals surface area contributed by atoms with Crippen LogP contribution in [0.3, 0.4) is 0 Å². The molecular weight excluding hydrogens is 396 g/mol. The third-order valence-corrected chi connectivity index (χ3v) is 6.49. The fourth-order valence-electron chi connectivity index (χ4n) is 4.01. The second-order valence-corrected chi connectivity index (χ2v) is 8.83. The first-order valence-corrected chi connectivity index (χ1v) is 11.0. The number of hydrogen-bond donors (Lipinski definition) is 2. The third-order valence-electron chi connectivity index (χ3n) is 5.56. The molecular formula is C23H22N4O2S. The van der Waals surface area contributed by atoms with Crippen molar-refractivity contribution in [3.63, 3.8) is 0 Å².